The molecule has 4 aliphatic rings. The summed E-state index contributed by atoms with van der Waals surface area (Å²) in [6, 6.07) is 0. The fraction of sp³-hybridized carbons (Fsp3) is 0.733. The lowest BCUT2D eigenvalue weighted by molar-refractivity contribution is -0.145. The molecule has 0 heterocycles. The van der Waals surface area contributed by atoms with Crippen molar-refractivity contribution in [1.82, 2.24) is 0 Å². The van der Waals surface area contributed by atoms with E-state index in [-0.39, 0.29) is 42.0 Å². The lowest BCUT2D eigenvalue weighted by Crippen LogP contribution is -2.60. The molecule has 0 radical (unpaired) electrons. The number of rotatable bonds is 5. The van der Waals surface area contributed by atoms with Gasteiger partial charge in [0.25, 0.3) is 0 Å². The molecular formula is C30H42O7. The number of Topliss-reactive ketones (excluding diaryl/α,β-unsaturated/α-hetero) is 2. The molecule has 8 atom stereocenters. The first-order valence-electron chi connectivity index (χ1n) is 13.5. The smallest absolute Gasteiger partial charge is 0.306 e. The summed E-state index contributed by atoms with van der Waals surface area (Å²) in [5, 5.41) is 32.4. The minimum absolute atomic E-state index is 0.0379. The summed E-state index contributed by atoms with van der Waals surface area (Å²) >= 11 is 0. The zero-order valence-corrected chi connectivity index (χ0v) is 23.2. The number of ketones is 3. The van der Waals surface area contributed by atoms with Crippen LogP contribution >= 0.6 is 0 Å². The summed E-state index contributed by atoms with van der Waals surface area (Å²) in [5.74, 6) is -2.44. The van der Waals surface area contributed by atoms with Crippen molar-refractivity contribution in [3.63, 3.8) is 0 Å². The third kappa shape index (κ3) is 3.75. The van der Waals surface area contributed by atoms with Crippen LogP contribution in [0, 0.1) is 39.4 Å². The summed E-state index contributed by atoms with van der Waals surface area (Å²) in [5.41, 5.74) is -0.855. The van der Waals surface area contributed by atoms with Crippen LogP contribution < -0.4 is 0 Å². The normalized spacial score (nSPS) is 42.1. The third-order valence-corrected chi connectivity index (χ3v) is 11.2. The molecule has 0 bridgehead atoms. The van der Waals surface area contributed by atoms with Crippen molar-refractivity contribution < 1.29 is 34.5 Å². The van der Waals surface area contributed by atoms with E-state index in [1.165, 1.54) is 13.0 Å². The Morgan fingerprint density at radius 2 is 1.70 bits per heavy atom. The quantitative estimate of drug-likeness (QED) is 0.472. The molecule has 7 nitrogen and oxygen atoms in total. The Kier molecular flexibility index (Phi) is 6.56. The lowest BCUT2D eigenvalue weighted by atomic mass is 9.42. The number of aliphatic hydroxyl groups is 2. The van der Waals surface area contributed by atoms with Gasteiger partial charge < -0.3 is 15.3 Å². The standard InChI is InChI=1S/C30H42O7/c1-15(10-17(31)11-16(2)26(36)37)18-12-23(35)30(7)25-19(32)13-21-27(3,4)22(34)8-9-28(21,5)24(25)20(33)14-29(18,30)6/h10,16,18-19,21,23,32,35H,8-9,11-14H2,1-7H3,(H,36,37)/b15-10+/t16-,18-,19+,21+,23+,28+,29-,30+/m1/s1. The van der Waals surface area contributed by atoms with Crippen LogP contribution in [0.1, 0.15) is 87.0 Å². The second kappa shape index (κ2) is 8.70. The number of carboxylic acid groups (broad SMARTS) is 1. The van der Waals surface area contributed by atoms with E-state index in [0.717, 1.165) is 5.57 Å². The lowest BCUT2D eigenvalue weighted by Gasteiger charge is -2.61. The van der Waals surface area contributed by atoms with Crippen molar-refractivity contribution in [2.24, 2.45) is 39.4 Å². The largest absolute Gasteiger partial charge is 0.481 e. The van der Waals surface area contributed by atoms with Crippen LogP contribution in [0.2, 0.25) is 0 Å². The monoisotopic (exact) mass is 514 g/mol. The fourth-order valence-electron chi connectivity index (χ4n) is 8.77. The van der Waals surface area contributed by atoms with E-state index in [0.29, 0.717) is 36.8 Å². The molecule has 0 saturated heterocycles. The van der Waals surface area contributed by atoms with Crippen molar-refractivity contribution >= 4 is 23.3 Å². The predicted octanol–water partition coefficient (Wildman–Crippen LogP) is 4.05. The molecule has 0 aromatic carbocycles. The van der Waals surface area contributed by atoms with Gasteiger partial charge in [-0.2, -0.15) is 0 Å². The van der Waals surface area contributed by atoms with Gasteiger partial charge in [0.15, 0.2) is 11.6 Å². The van der Waals surface area contributed by atoms with E-state index in [2.05, 4.69) is 6.92 Å². The van der Waals surface area contributed by atoms with Gasteiger partial charge in [0.2, 0.25) is 0 Å². The van der Waals surface area contributed by atoms with E-state index >= 15 is 0 Å². The molecule has 4 aliphatic carbocycles. The molecule has 3 N–H and O–H groups in total. The average molecular weight is 515 g/mol. The van der Waals surface area contributed by atoms with Crippen LogP contribution in [0.25, 0.3) is 0 Å². The highest BCUT2D eigenvalue weighted by molar-refractivity contribution is 6.01. The Hall–Kier alpha value is -2.12. The average Bonchev–Trinajstić information content (AvgIpc) is 2.99. The number of hydrogen-bond acceptors (Lipinski definition) is 6. The van der Waals surface area contributed by atoms with Crippen LogP contribution in [0.5, 0.6) is 0 Å². The van der Waals surface area contributed by atoms with Gasteiger partial charge in [-0.3, -0.25) is 19.2 Å². The number of carboxylic acids is 1. The molecule has 0 amide bonds. The van der Waals surface area contributed by atoms with Crippen molar-refractivity contribution in [2.45, 2.75) is 99.2 Å². The highest BCUT2D eigenvalue weighted by Crippen LogP contribution is 2.71. The van der Waals surface area contributed by atoms with Gasteiger partial charge in [0.1, 0.15) is 5.78 Å². The van der Waals surface area contributed by atoms with Gasteiger partial charge in [-0.15, -0.1) is 0 Å². The molecule has 7 heteroatoms. The zero-order chi connectivity index (χ0) is 27.9. The number of aliphatic hydroxyl groups excluding tert-OH is 2. The highest BCUT2D eigenvalue weighted by Gasteiger charge is 2.69. The first-order chi connectivity index (χ1) is 16.9. The molecule has 0 aromatic rings. The highest BCUT2D eigenvalue weighted by atomic mass is 16.4. The van der Waals surface area contributed by atoms with Crippen LogP contribution in [0.4, 0.5) is 0 Å². The third-order valence-electron chi connectivity index (χ3n) is 11.2. The maximum atomic E-state index is 14.0. The second-order valence-electron chi connectivity index (χ2n) is 13.5. The molecule has 0 aliphatic heterocycles. The Labute approximate surface area is 219 Å². The molecule has 0 spiro atoms. The predicted molar refractivity (Wildman–Crippen MR) is 137 cm³/mol. The van der Waals surface area contributed by atoms with Crippen LogP contribution in [-0.2, 0) is 19.2 Å². The van der Waals surface area contributed by atoms with Crippen LogP contribution in [0.15, 0.2) is 22.8 Å². The zero-order valence-electron chi connectivity index (χ0n) is 23.2. The van der Waals surface area contributed by atoms with Crippen molar-refractivity contribution in [3.05, 3.63) is 22.8 Å². The Balaban J connectivity index is 1.80. The summed E-state index contributed by atoms with van der Waals surface area (Å²) in [6.45, 7) is 13.1. The Morgan fingerprint density at radius 1 is 1.08 bits per heavy atom. The Bertz CT molecular complexity index is 1130. The first-order valence-corrected chi connectivity index (χ1v) is 13.5. The molecule has 2 fully saturated rings. The summed E-state index contributed by atoms with van der Waals surface area (Å²) in [7, 11) is 0. The topological polar surface area (TPSA) is 129 Å². The number of carbonyl (C=O) groups excluding carboxylic acids is 3. The number of allylic oxidation sites excluding steroid dienone is 3. The molecule has 204 valence electrons. The molecule has 4 rings (SSSR count). The summed E-state index contributed by atoms with van der Waals surface area (Å²) in [6.07, 6.45) is 1.42. The van der Waals surface area contributed by atoms with Gasteiger partial charge in [0.05, 0.1) is 18.1 Å². The van der Waals surface area contributed by atoms with Crippen molar-refractivity contribution in [3.8, 4) is 0 Å². The minimum Gasteiger partial charge on any atom is -0.481 e. The SMILES string of the molecule is C/C(=C\C(=O)C[C@@H](C)C(=O)O)[C@H]1C[C@H](O)[C@@]2(C)C3=C(C(=O)C[C@]12C)[C@@]1(C)CCC(=O)C(C)(C)[C@@H]1C[C@@H]3O. The molecule has 37 heavy (non-hydrogen) atoms. The maximum absolute atomic E-state index is 14.0. The van der Waals surface area contributed by atoms with Gasteiger partial charge in [-0.1, -0.05) is 47.1 Å². The van der Waals surface area contributed by atoms with Crippen LogP contribution in [0.3, 0.4) is 0 Å². The van der Waals surface area contributed by atoms with E-state index in [9.17, 15) is 29.4 Å². The number of carbonyl (C=O) groups is 4. The number of aliphatic carboxylic acids is 1. The van der Waals surface area contributed by atoms with Gasteiger partial charge in [-0.25, -0.2) is 0 Å². The van der Waals surface area contributed by atoms with Crippen molar-refractivity contribution in [1.29, 1.82) is 0 Å². The van der Waals surface area contributed by atoms with E-state index < -0.39 is 45.8 Å². The van der Waals surface area contributed by atoms with Gasteiger partial charge in [-0.05, 0) is 55.1 Å². The number of fused-ring (bicyclic) bond motifs is 4. The molecule has 0 unspecified atom stereocenters. The second-order valence-corrected chi connectivity index (χ2v) is 13.5. The van der Waals surface area contributed by atoms with E-state index in [1.54, 1.807) is 0 Å². The Morgan fingerprint density at radius 3 is 2.30 bits per heavy atom. The number of hydrogen-bond donors (Lipinski definition) is 3. The van der Waals surface area contributed by atoms with Gasteiger partial charge in [0, 0.05) is 41.1 Å². The minimum atomic E-state index is -1.03. The van der Waals surface area contributed by atoms with Crippen LogP contribution in [-0.4, -0.2) is 50.8 Å². The van der Waals surface area contributed by atoms with Gasteiger partial charge >= 0.3 is 5.97 Å². The summed E-state index contributed by atoms with van der Waals surface area (Å²) in [4.78, 5) is 50.7. The fourth-order valence-corrected chi connectivity index (χ4v) is 8.77. The molecule has 2 saturated carbocycles. The van der Waals surface area contributed by atoms with E-state index in [1.807, 2.05) is 34.6 Å². The maximum Gasteiger partial charge on any atom is 0.306 e. The van der Waals surface area contributed by atoms with Crippen molar-refractivity contribution in [2.75, 3.05) is 0 Å². The summed E-state index contributed by atoms with van der Waals surface area (Å²) < 4.78 is 0. The first kappa shape index (κ1) is 27.9. The molecule has 0 aromatic heterocycles. The molecular weight excluding hydrogens is 472 g/mol. The van der Waals surface area contributed by atoms with E-state index in [4.69, 9.17) is 5.11 Å².